The van der Waals surface area contributed by atoms with E-state index in [1.165, 1.54) is 24.1 Å². The molecule has 0 saturated carbocycles. The highest BCUT2D eigenvalue weighted by molar-refractivity contribution is 6.47. The van der Waals surface area contributed by atoms with Gasteiger partial charge in [-0.3, -0.25) is 14.6 Å². The van der Waals surface area contributed by atoms with Gasteiger partial charge in [0.25, 0.3) is 11.7 Å². The number of aromatic nitrogens is 1. The summed E-state index contributed by atoms with van der Waals surface area (Å²) in [5.41, 5.74) is 1.50. The Labute approximate surface area is 205 Å². The van der Waals surface area contributed by atoms with E-state index in [9.17, 15) is 14.7 Å². The smallest absolute Gasteiger partial charge is 0.295 e. The van der Waals surface area contributed by atoms with Gasteiger partial charge in [-0.2, -0.15) is 0 Å². The molecular weight excluding hydrogens is 487 g/mol. The summed E-state index contributed by atoms with van der Waals surface area (Å²) in [6.45, 7) is 0.124. The lowest BCUT2D eigenvalue weighted by molar-refractivity contribution is -0.140. The first kappa shape index (κ1) is 23.1. The van der Waals surface area contributed by atoms with Gasteiger partial charge in [-0.05, 0) is 53.6 Å². The van der Waals surface area contributed by atoms with E-state index in [0.29, 0.717) is 21.4 Å². The number of halogens is 3. The fourth-order valence-electron chi connectivity index (χ4n) is 3.72. The van der Waals surface area contributed by atoms with Crippen LogP contribution < -0.4 is 4.74 Å². The largest absolute Gasteiger partial charge is 0.507 e. The van der Waals surface area contributed by atoms with Crippen molar-refractivity contribution in [2.75, 3.05) is 7.11 Å². The third kappa shape index (κ3) is 4.42. The van der Waals surface area contributed by atoms with Gasteiger partial charge in [0, 0.05) is 24.5 Å². The summed E-state index contributed by atoms with van der Waals surface area (Å²) in [6.07, 6.45) is 3.19. The van der Waals surface area contributed by atoms with Crippen LogP contribution in [-0.4, -0.2) is 33.8 Å². The highest BCUT2D eigenvalue weighted by atomic mass is 35.5. The Morgan fingerprint density at radius 3 is 2.36 bits per heavy atom. The van der Waals surface area contributed by atoms with Crippen molar-refractivity contribution in [1.29, 1.82) is 0 Å². The average Bonchev–Trinajstić information content (AvgIpc) is 3.06. The van der Waals surface area contributed by atoms with Crippen molar-refractivity contribution in [3.63, 3.8) is 0 Å². The molecule has 0 bridgehead atoms. The zero-order valence-electron chi connectivity index (χ0n) is 17.3. The van der Waals surface area contributed by atoms with E-state index < -0.39 is 17.7 Å². The van der Waals surface area contributed by atoms with Crippen molar-refractivity contribution in [3.8, 4) is 5.75 Å². The minimum Gasteiger partial charge on any atom is -0.507 e. The van der Waals surface area contributed by atoms with E-state index in [2.05, 4.69) is 4.98 Å². The van der Waals surface area contributed by atoms with Crippen molar-refractivity contribution < 1.29 is 19.4 Å². The molecule has 4 rings (SSSR count). The highest BCUT2D eigenvalue weighted by Crippen LogP contribution is 2.42. The number of rotatable bonds is 5. The van der Waals surface area contributed by atoms with Crippen LogP contribution in [0.15, 0.2) is 66.5 Å². The Balaban J connectivity index is 1.90. The topological polar surface area (TPSA) is 79.7 Å². The number of benzene rings is 2. The SMILES string of the molecule is COc1cc(/C(O)=C2/C(=O)C(=O)N(Cc3ccncc3)C2c2ccc(Cl)c(Cl)c2)ccc1Cl. The second kappa shape index (κ2) is 9.43. The van der Waals surface area contributed by atoms with Gasteiger partial charge in [-0.1, -0.05) is 40.9 Å². The number of carbonyl (C=O) groups is 2. The van der Waals surface area contributed by atoms with E-state index in [4.69, 9.17) is 39.5 Å². The molecule has 2 aromatic carbocycles. The first-order valence-electron chi connectivity index (χ1n) is 9.78. The van der Waals surface area contributed by atoms with Crippen LogP contribution in [0, 0.1) is 0 Å². The van der Waals surface area contributed by atoms with Crippen LogP contribution in [0.2, 0.25) is 15.1 Å². The Hall–Kier alpha value is -3.06. The molecule has 0 spiro atoms. The van der Waals surface area contributed by atoms with E-state index in [-0.39, 0.29) is 28.5 Å². The predicted molar refractivity (Wildman–Crippen MR) is 127 cm³/mol. The summed E-state index contributed by atoms with van der Waals surface area (Å²) in [4.78, 5) is 31.6. The fraction of sp³-hybridized carbons (Fsp3) is 0.125. The molecule has 1 unspecified atom stereocenters. The molecule has 1 amide bonds. The maximum atomic E-state index is 13.1. The van der Waals surface area contributed by atoms with Crippen molar-refractivity contribution in [2.24, 2.45) is 0 Å². The molecule has 1 aliphatic rings. The van der Waals surface area contributed by atoms with Gasteiger partial charge in [0.15, 0.2) is 0 Å². The monoisotopic (exact) mass is 502 g/mol. The van der Waals surface area contributed by atoms with E-state index >= 15 is 0 Å². The molecule has 33 heavy (non-hydrogen) atoms. The zero-order valence-corrected chi connectivity index (χ0v) is 19.5. The molecule has 1 aromatic heterocycles. The van der Waals surface area contributed by atoms with Crippen LogP contribution in [0.5, 0.6) is 5.75 Å². The van der Waals surface area contributed by atoms with Gasteiger partial charge in [0.2, 0.25) is 0 Å². The molecule has 1 saturated heterocycles. The number of Topliss-reactive ketones (excluding diaryl/α,β-unsaturated/α-hetero) is 1. The number of aliphatic hydroxyl groups excluding tert-OH is 1. The summed E-state index contributed by atoms with van der Waals surface area (Å²) in [5.74, 6) is -1.59. The van der Waals surface area contributed by atoms with Gasteiger partial charge in [-0.15, -0.1) is 0 Å². The van der Waals surface area contributed by atoms with E-state index in [1.807, 2.05) is 0 Å². The third-order valence-electron chi connectivity index (χ3n) is 5.33. The molecule has 6 nitrogen and oxygen atoms in total. The van der Waals surface area contributed by atoms with Crippen LogP contribution in [-0.2, 0) is 16.1 Å². The van der Waals surface area contributed by atoms with Crippen LogP contribution >= 0.6 is 34.8 Å². The van der Waals surface area contributed by atoms with Crippen LogP contribution in [0.3, 0.4) is 0 Å². The molecule has 3 aromatic rings. The minimum absolute atomic E-state index is 0.0724. The summed E-state index contributed by atoms with van der Waals surface area (Å²) in [6, 6.07) is 12.0. The van der Waals surface area contributed by atoms with Crippen molar-refractivity contribution in [1.82, 2.24) is 9.88 Å². The third-order valence-corrected chi connectivity index (χ3v) is 6.38. The van der Waals surface area contributed by atoms with Crippen LogP contribution in [0.25, 0.3) is 5.76 Å². The number of ether oxygens (including phenoxy) is 1. The highest BCUT2D eigenvalue weighted by Gasteiger charge is 2.46. The van der Waals surface area contributed by atoms with Gasteiger partial charge in [0.05, 0.1) is 33.8 Å². The minimum atomic E-state index is -0.894. The number of aliphatic hydroxyl groups is 1. The molecule has 0 radical (unpaired) electrons. The van der Waals surface area contributed by atoms with Crippen molar-refractivity contribution >= 4 is 52.3 Å². The van der Waals surface area contributed by atoms with Gasteiger partial charge >= 0.3 is 0 Å². The lowest BCUT2D eigenvalue weighted by atomic mass is 9.95. The number of carbonyl (C=O) groups excluding carboxylic acids is 2. The molecule has 1 N–H and O–H groups in total. The van der Waals surface area contributed by atoms with Crippen LogP contribution in [0.4, 0.5) is 0 Å². The number of amides is 1. The molecule has 168 valence electrons. The number of hydrogen-bond acceptors (Lipinski definition) is 5. The molecular formula is C24H17Cl3N2O4. The first-order chi connectivity index (χ1) is 15.8. The standard InChI is InChI=1S/C24H17Cl3N2O4/c1-33-19-11-15(3-5-17(19)26)22(30)20-21(14-2-4-16(25)18(27)10-14)29(24(32)23(20)31)12-13-6-8-28-9-7-13/h2-11,21,30H,12H2,1H3/b22-20-. The van der Waals surface area contributed by atoms with Crippen molar-refractivity contribution in [2.45, 2.75) is 12.6 Å². The lowest BCUT2D eigenvalue weighted by Gasteiger charge is -2.25. The second-order valence-corrected chi connectivity index (χ2v) is 8.53. The quantitative estimate of drug-likeness (QED) is 0.276. The second-order valence-electron chi connectivity index (χ2n) is 7.31. The molecule has 9 heteroatoms. The van der Waals surface area contributed by atoms with E-state index in [0.717, 1.165) is 5.56 Å². The maximum absolute atomic E-state index is 13.1. The number of pyridine rings is 1. The number of methoxy groups -OCH3 is 1. The molecule has 1 atom stereocenters. The first-order valence-corrected chi connectivity index (χ1v) is 10.9. The van der Waals surface area contributed by atoms with Gasteiger partial charge in [-0.25, -0.2) is 0 Å². The van der Waals surface area contributed by atoms with Crippen LogP contribution in [0.1, 0.15) is 22.7 Å². The Morgan fingerprint density at radius 1 is 1.00 bits per heavy atom. The maximum Gasteiger partial charge on any atom is 0.295 e. The Morgan fingerprint density at radius 2 is 1.70 bits per heavy atom. The normalized spacial score (nSPS) is 17.5. The molecule has 1 aliphatic heterocycles. The fourth-order valence-corrected chi connectivity index (χ4v) is 4.22. The molecule has 2 heterocycles. The summed E-state index contributed by atoms with van der Waals surface area (Å²) < 4.78 is 5.22. The summed E-state index contributed by atoms with van der Waals surface area (Å²) >= 11 is 18.4. The number of likely N-dealkylation sites (tertiary alicyclic amines) is 1. The molecule has 1 fully saturated rings. The van der Waals surface area contributed by atoms with Gasteiger partial charge < -0.3 is 14.7 Å². The zero-order chi connectivity index (χ0) is 23.7. The van der Waals surface area contributed by atoms with Crippen molar-refractivity contribution in [3.05, 3.63) is 98.3 Å². The average molecular weight is 504 g/mol. The lowest BCUT2D eigenvalue weighted by Crippen LogP contribution is -2.29. The molecule has 0 aliphatic carbocycles. The number of hydrogen-bond donors (Lipinski definition) is 1. The Bertz CT molecular complexity index is 1280. The predicted octanol–water partition coefficient (Wildman–Crippen LogP) is 5.67. The number of nitrogens with zero attached hydrogens (tertiary/aromatic N) is 2. The summed E-state index contributed by atoms with van der Waals surface area (Å²) in [5, 5.41) is 12.1. The van der Waals surface area contributed by atoms with Gasteiger partial charge in [0.1, 0.15) is 11.5 Å². The van der Waals surface area contributed by atoms with E-state index in [1.54, 1.807) is 48.8 Å². The summed E-state index contributed by atoms with van der Waals surface area (Å²) in [7, 11) is 1.44. The number of ketones is 1. The Kier molecular flexibility index (Phi) is 6.61.